The van der Waals surface area contributed by atoms with Crippen LogP contribution in [0.15, 0.2) is 67.0 Å². The van der Waals surface area contributed by atoms with Crippen molar-refractivity contribution in [3.63, 3.8) is 0 Å². The second-order valence-electron chi connectivity index (χ2n) is 7.92. The number of nitrogens with one attached hydrogen (secondary N) is 1. The minimum Gasteiger partial charge on any atom is -0.497 e. The van der Waals surface area contributed by atoms with Crippen molar-refractivity contribution in [1.82, 2.24) is 19.8 Å². The van der Waals surface area contributed by atoms with Gasteiger partial charge in [0.2, 0.25) is 0 Å². The molecule has 2 saturated heterocycles. The van der Waals surface area contributed by atoms with E-state index in [1.165, 1.54) is 0 Å². The normalized spacial score (nSPS) is 23.2. The maximum Gasteiger partial charge on any atom is 0.170 e. The molecule has 0 spiro atoms. The van der Waals surface area contributed by atoms with Crippen molar-refractivity contribution >= 4 is 17.3 Å². The summed E-state index contributed by atoms with van der Waals surface area (Å²) >= 11 is 5.80. The summed E-state index contributed by atoms with van der Waals surface area (Å²) in [4.78, 5) is 6.92. The summed E-state index contributed by atoms with van der Waals surface area (Å²) in [6, 6.07) is 18.4. The number of nitrogens with zero attached hydrogens (tertiary/aromatic N) is 3. The molecule has 0 bridgehead atoms. The van der Waals surface area contributed by atoms with E-state index in [9.17, 15) is 0 Å². The van der Waals surface area contributed by atoms with Crippen LogP contribution in [0.4, 0.5) is 0 Å². The molecule has 1 N–H and O–H groups in total. The monoisotopic (exact) mass is 434 g/mol. The third-order valence-corrected chi connectivity index (χ3v) is 6.41. The third-order valence-electron chi connectivity index (χ3n) is 6.06. The van der Waals surface area contributed by atoms with E-state index < -0.39 is 0 Å². The summed E-state index contributed by atoms with van der Waals surface area (Å²) in [5.74, 6) is 0.840. The lowest BCUT2D eigenvalue weighted by molar-refractivity contribution is 0.0836. The van der Waals surface area contributed by atoms with E-state index in [0.717, 1.165) is 53.9 Å². The summed E-state index contributed by atoms with van der Waals surface area (Å²) in [5, 5.41) is 4.28. The van der Waals surface area contributed by atoms with E-state index >= 15 is 0 Å². The quantitative estimate of drug-likeness (QED) is 0.591. The molecule has 1 aromatic carbocycles. The third kappa shape index (κ3) is 3.91. The smallest absolute Gasteiger partial charge is 0.170 e. The first kappa shape index (κ1) is 20.0. The highest BCUT2D eigenvalue weighted by molar-refractivity contribution is 7.80. The Hall–Kier alpha value is -2.90. The molecule has 4 heterocycles. The Morgan fingerprint density at radius 2 is 2.03 bits per heavy atom. The van der Waals surface area contributed by atoms with Crippen LogP contribution in [0.25, 0.3) is 5.69 Å². The molecule has 0 amide bonds. The van der Waals surface area contributed by atoms with E-state index in [1.807, 2.05) is 30.5 Å². The zero-order valence-corrected chi connectivity index (χ0v) is 18.3. The fourth-order valence-corrected chi connectivity index (χ4v) is 4.86. The molecule has 2 fully saturated rings. The van der Waals surface area contributed by atoms with Gasteiger partial charge in [-0.25, -0.2) is 0 Å². The first-order valence-corrected chi connectivity index (χ1v) is 11.1. The molecule has 2 aliphatic heterocycles. The summed E-state index contributed by atoms with van der Waals surface area (Å²) in [5.41, 5.74) is 3.22. The summed E-state index contributed by atoms with van der Waals surface area (Å²) in [6.07, 6.45) is 6.31. The number of ether oxygens (including phenoxy) is 2. The van der Waals surface area contributed by atoms with Crippen molar-refractivity contribution in [2.75, 3.05) is 20.3 Å². The highest BCUT2D eigenvalue weighted by atomic mass is 32.1. The minimum absolute atomic E-state index is 0.00343. The van der Waals surface area contributed by atoms with Crippen molar-refractivity contribution in [3.05, 3.63) is 78.4 Å². The Morgan fingerprint density at radius 1 is 1.16 bits per heavy atom. The number of methoxy groups -OCH3 is 1. The summed E-state index contributed by atoms with van der Waals surface area (Å²) < 4.78 is 13.5. The Morgan fingerprint density at radius 3 is 2.74 bits per heavy atom. The first-order chi connectivity index (χ1) is 15.2. The lowest BCUT2D eigenvalue weighted by Crippen LogP contribution is -2.36. The molecule has 7 heteroatoms. The highest BCUT2D eigenvalue weighted by Crippen LogP contribution is 2.40. The zero-order valence-electron chi connectivity index (χ0n) is 17.5. The molecule has 0 radical (unpaired) electrons. The predicted molar refractivity (Wildman–Crippen MR) is 123 cm³/mol. The molecule has 0 saturated carbocycles. The zero-order chi connectivity index (χ0) is 21.2. The van der Waals surface area contributed by atoms with Gasteiger partial charge in [-0.2, -0.15) is 0 Å². The number of pyridine rings is 1. The van der Waals surface area contributed by atoms with Gasteiger partial charge in [-0.15, -0.1) is 0 Å². The van der Waals surface area contributed by atoms with Gasteiger partial charge in [-0.05, 0) is 73.6 Å². The lowest BCUT2D eigenvalue weighted by atomic mass is 10.0. The molecule has 3 aromatic rings. The van der Waals surface area contributed by atoms with Crippen molar-refractivity contribution in [2.45, 2.75) is 31.0 Å². The molecular weight excluding hydrogens is 408 g/mol. The fraction of sp³-hybridized carbons (Fsp3) is 0.333. The SMILES string of the molecule is COc1ccc(-n2cccc2[C@@H]2[C@H](c3ccccn3)NC(=S)N2C[C@H]2CCCO2)cc1. The Bertz CT molecular complexity index is 1030. The van der Waals surface area contributed by atoms with Crippen LogP contribution in [0.1, 0.15) is 36.3 Å². The van der Waals surface area contributed by atoms with Crippen LogP contribution >= 0.6 is 12.2 Å². The van der Waals surface area contributed by atoms with Gasteiger partial charge in [-0.1, -0.05) is 6.07 Å². The van der Waals surface area contributed by atoms with Crippen LogP contribution in [0.3, 0.4) is 0 Å². The van der Waals surface area contributed by atoms with Gasteiger partial charge in [0.05, 0.1) is 31.0 Å². The maximum atomic E-state index is 5.94. The number of aromatic nitrogens is 2. The molecule has 2 aromatic heterocycles. The number of rotatable bonds is 6. The van der Waals surface area contributed by atoms with Crippen molar-refractivity contribution in [1.29, 1.82) is 0 Å². The van der Waals surface area contributed by atoms with Crippen LogP contribution in [0.2, 0.25) is 0 Å². The average Bonchev–Trinajstić information content (AvgIpc) is 3.56. The fourth-order valence-electron chi connectivity index (χ4n) is 4.54. The van der Waals surface area contributed by atoms with E-state index in [1.54, 1.807) is 7.11 Å². The van der Waals surface area contributed by atoms with Crippen LogP contribution in [0, 0.1) is 0 Å². The highest BCUT2D eigenvalue weighted by Gasteiger charge is 2.42. The largest absolute Gasteiger partial charge is 0.497 e. The van der Waals surface area contributed by atoms with Gasteiger partial charge in [0.25, 0.3) is 0 Å². The Kier molecular flexibility index (Phi) is 5.61. The molecule has 2 aliphatic rings. The van der Waals surface area contributed by atoms with Crippen LogP contribution in [-0.4, -0.2) is 45.9 Å². The van der Waals surface area contributed by atoms with Crippen molar-refractivity contribution in [3.8, 4) is 11.4 Å². The van der Waals surface area contributed by atoms with Crippen LogP contribution in [-0.2, 0) is 4.74 Å². The van der Waals surface area contributed by atoms with E-state index in [-0.39, 0.29) is 18.2 Å². The summed E-state index contributed by atoms with van der Waals surface area (Å²) in [7, 11) is 1.68. The number of thiocarbonyl (C=S) groups is 1. The molecule has 0 unspecified atom stereocenters. The molecule has 0 aliphatic carbocycles. The predicted octanol–water partition coefficient (Wildman–Crippen LogP) is 4.03. The van der Waals surface area contributed by atoms with Crippen LogP contribution in [0.5, 0.6) is 5.75 Å². The van der Waals surface area contributed by atoms with Gasteiger partial charge in [0.1, 0.15) is 5.75 Å². The molecule has 5 rings (SSSR count). The average molecular weight is 435 g/mol. The molecule has 6 nitrogen and oxygen atoms in total. The second kappa shape index (κ2) is 8.69. The summed E-state index contributed by atoms with van der Waals surface area (Å²) in [6.45, 7) is 1.60. The number of benzene rings is 1. The second-order valence-corrected chi connectivity index (χ2v) is 8.30. The van der Waals surface area contributed by atoms with E-state index in [4.69, 9.17) is 21.7 Å². The van der Waals surface area contributed by atoms with Gasteiger partial charge in [-0.3, -0.25) is 4.98 Å². The molecule has 160 valence electrons. The maximum absolute atomic E-state index is 5.94. The van der Waals surface area contributed by atoms with E-state index in [0.29, 0.717) is 0 Å². The Labute approximate surface area is 187 Å². The number of hydrogen-bond donors (Lipinski definition) is 1. The Balaban J connectivity index is 1.55. The van der Waals surface area contributed by atoms with Crippen molar-refractivity contribution in [2.24, 2.45) is 0 Å². The van der Waals surface area contributed by atoms with Gasteiger partial charge >= 0.3 is 0 Å². The number of hydrogen-bond acceptors (Lipinski definition) is 4. The molecule has 31 heavy (non-hydrogen) atoms. The first-order valence-electron chi connectivity index (χ1n) is 10.7. The molecular formula is C24H26N4O2S. The minimum atomic E-state index is -0.0398. The van der Waals surface area contributed by atoms with Gasteiger partial charge < -0.3 is 24.3 Å². The topological polar surface area (TPSA) is 51.5 Å². The van der Waals surface area contributed by atoms with Gasteiger partial charge in [0, 0.05) is 36.9 Å². The van der Waals surface area contributed by atoms with E-state index in [2.05, 4.69) is 56.3 Å². The lowest BCUT2D eigenvalue weighted by Gasteiger charge is -2.30. The standard InChI is InChI=1S/C24H26N4O2S/c1-29-18-11-9-17(10-12-18)27-14-4-8-21(27)23-22(20-7-2-3-13-25-20)26-24(31)28(23)16-19-6-5-15-30-19/h2-4,7-14,19,22-23H,5-6,15-16H2,1H3,(H,26,31)/t19-,22+,23-/m1/s1. The molecule has 3 atom stereocenters. The van der Waals surface area contributed by atoms with Crippen molar-refractivity contribution < 1.29 is 9.47 Å². The van der Waals surface area contributed by atoms with Gasteiger partial charge in [0.15, 0.2) is 5.11 Å². The van der Waals surface area contributed by atoms with Crippen LogP contribution < -0.4 is 10.1 Å².